The molecule has 0 aliphatic carbocycles. The van der Waals surface area contributed by atoms with Crippen molar-refractivity contribution in [2.75, 3.05) is 6.61 Å². The van der Waals surface area contributed by atoms with Crippen molar-refractivity contribution in [2.24, 2.45) is 10.8 Å². The van der Waals surface area contributed by atoms with Gasteiger partial charge < -0.3 is 5.11 Å². The number of rotatable bonds is 6. The highest BCUT2D eigenvalue weighted by molar-refractivity contribution is 4.91. The molecule has 1 N–H and O–H groups in total. The van der Waals surface area contributed by atoms with E-state index < -0.39 is 0 Å². The summed E-state index contributed by atoms with van der Waals surface area (Å²) in [7, 11) is 0. The van der Waals surface area contributed by atoms with Crippen molar-refractivity contribution < 1.29 is 5.11 Å². The SMILES string of the molecule is C=CC(C)(C)CC(C)(C)CCCO. The van der Waals surface area contributed by atoms with Gasteiger partial charge in [0.25, 0.3) is 0 Å². The van der Waals surface area contributed by atoms with Crippen molar-refractivity contribution >= 4 is 0 Å². The Morgan fingerprint density at radius 2 is 1.77 bits per heavy atom. The quantitative estimate of drug-likeness (QED) is 0.627. The highest BCUT2D eigenvalue weighted by Gasteiger charge is 2.25. The lowest BCUT2D eigenvalue weighted by molar-refractivity contribution is 0.191. The summed E-state index contributed by atoms with van der Waals surface area (Å²) in [4.78, 5) is 0. The van der Waals surface area contributed by atoms with Crippen LogP contribution in [0.1, 0.15) is 47.0 Å². The Bertz CT molecular complexity index is 157. The summed E-state index contributed by atoms with van der Waals surface area (Å²) in [6.45, 7) is 13.1. The van der Waals surface area contributed by atoms with Gasteiger partial charge in [-0.1, -0.05) is 33.8 Å². The van der Waals surface area contributed by atoms with Crippen LogP contribution in [0.5, 0.6) is 0 Å². The Balaban J connectivity index is 4.07. The second-order valence-corrected chi connectivity index (χ2v) is 5.36. The van der Waals surface area contributed by atoms with Crippen LogP contribution in [0.3, 0.4) is 0 Å². The summed E-state index contributed by atoms with van der Waals surface area (Å²) in [5.74, 6) is 0. The zero-order chi connectivity index (χ0) is 10.5. The Labute approximate surface area is 82.9 Å². The third kappa shape index (κ3) is 5.87. The second-order valence-electron chi connectivity index (χ2n) is 5.36. The summed E-state index contributed by atoms with van der Waals surface area (Å²) in [6, 6.07) is 0. The van der Waals surface area contributed by atoms with E-state index in [1.807, 2.05) is 6.08 Å². The van der Waals surface area contributed by atoms with Gasteiger partial charge in [0, 0.05) is 6.61 Å². The maximum Gasteiger partial charge on any atom is 0.0431 e. The van der Waals surface area contributed by atoms with Crippen LogP contribution in [0.25, 0.3) is 0 Å². The monoisotopic (exact) mass is 184 g/mol. The Morgan fingerprint density at radius 1 is 1.23 bits per heavy atom. The third-order valence-corrected chi connectivity index (χ3v) is 2.50. The zero-order valence-electron chi connectivity index (χ0n) is 9.56. The van der Waals surface area contributed by atoms with Crippen molar-refractivity contribution in [2.45, 2.75) is 47.0 Å². The average molecular weight is 184 g/mol. The van der Waals surface area contributed by atoms with Crippen LogP contribution in [0.15, 0.2) is 12.7 Å². The van der Waals surface area contributed by atoms with E-state index in [4.69, 9.17) is 5.11 Å². The van der Waals surface area contributed by atoms with Gasteiger partial charge in [-0.15, -0.1) is 6.58 Å². The van der Waals surface area contributed by atoms with E-state index in [0.717, 1.165) is 19.3 Å². The first-order valence-electron chi connectivity index (χ1n) is 5.07. The summed E-state index contributed by atoms with van der Waals surface area (Å²) < 4.78 is 0. The predicted molar refractivity (Wildman–Crippen MR) is 58.7 cm³/mol. The molecule has 0 bridgehead atoms. The normalized spacial score (nSPS) is 13.0. The second kappa shape index (κ2) is 4.80. The fourth-order valence-electron chi connectivity index (χ4n) is 1.95. The van der Waals surface area contributed by atoms with Gasteiger partial charge in [-0.3, -0.25) is 0 Å². The Morgan fingerprint density at radius 3 is 2.15 bits per heavy atom. The molecule has 0 rings (SSSR count). The number of allylic oxidation sites excluding steroid dienone is 1. The lowest BCUT2D eigenvalue weighted by Gasteiger charge is -2.32. The minimum atomic E-state index is 0.207. The van der Waals surface area contributed by atoms with Crippen LogP contribution in [-0.2, 0) is 0 Å². The molecule has 0 spiro atoms. The smallest absolute Gasteiger partial charge is 0.0431 e. The molecule has 0 aliphatic rings. The lowest BCUT2D eigenvalue weighted by Crippen LogP contribution is -2.21. The van der Waals surface area contributed by atoms with Gasteiger partial charge >= 0.3 is 0 Å². The maximum absolute atomic E-state index is 8.76. The first-order chi connectivity index (χ1) is 5.83. The summed E-state index contributed by atoms with van der Waals surface area (Å²) in [5.41, 5.74) is 0.513. The molecule has 0 aromatic carbocycles. The van der Waals surface area contributed by atoms with Crippen molar-refractivity contribution in [3.8, 4) is 0 Å². The molecule has 0 fully saturated rings. The molecule has 0 amide bonds. The molecule has 0 heterocycles. The molecular weight excluding hydrogens is 160 g/mol. The molecule has 0 saturated carbocycles. The van der Waals surface area contributed by atoms with E-state index in [-0.39, 0.29) is 5.41 Å². The van der Waals surface area contributed by atoms with Gasteiger partial charge in [-0.2, -0.15) is 0 Å². The number of hydrogen-bond donors (Lipinski definition) is 1. The van der Waals surface area contributed by atoms with E-state index >= 15 is 0 Å². The molecule has 0 aromatic rings. The number of hydrogen-bond acceptors (Lipinski definition) is 1. The third-order valence-electron chi connectivity index (χ3n) is 2.50. The summed E-state index contributed by atoms with van der Waals surface area (Å²) in [5, 5.41) is 8.76. The molecule has 0 atom stereocenters. The fourth-order valence-corrected chi connectivity index (χ4v) is 1.95. The lowest BCUT2D eigenvalue weighted by atomic mass is 9.73. The van der Waals surface area contributed by atoms with Crippen LogP contribution >= 0.6 is 0 Å². The van der Waals surface area contributed by atoms with Gasteiger partial charge in [-0.25, -0.2) is 0 Å². The van der Waals surface area contributed by atoms with Crippen molar-refractivity contribution in [3.05, 3.63) is 12.7 Å². The first kappa shape index (κ1) is 12.7. The molecule has 78 valence electrons. The van der Waals surface area contributed by atoms with Crippen molar-refractivity contribution in [1.29, 1.82) is 0 Å². The molecule has 1 heteroatoms. The van der Waals surface area contributed by atoms with Gasteiger partial charge in [0.2, 0.25) is 0 Å². The summed E-state index contributed by atoms with van der Waals surface area (Å²) >= 11 is 0. The van der Waals surface area contributed by atoms with Gasteiger partial charge in [-0.05, 0) is 30.1 Å². The van der Waals surface area contributed by atoms with E-state index in [0.29, 0.717) is 12.0 Å². The van der Waals surface area contributed by atoms with Gasteiger partial charge in [0.15, 0.2) is 0 Å². The summed E-state index contributed by atoms with van der Waals surface area (Å²) in [6.07, 6.45) is 5.14. The highest BCUT2D eigenvalue weighted by atomic mass is 16.2. The van der Waals surface area contributed by atoms with Gasteiger partial charge in [0.1, 0.15) is 0 Å². The number of aliphatic hydroxyl groups excluding tert-OH is 1. The highest BCUT2D eigenvalue weighted by Crippen LogP contribution is 2.37. The minimum Gasteiger partial charge on any atom is -0.396 e. The van der Waals surface area contributed by atoms with Crippen molar-refractivity contribution in [3.63, 3.8) is 0 Å². The molecule has 0 radical (unpaired) electrons. The maximum atomic E-state index is 8.76. The molecule has 1 nitrogen and oxygen atoms in total. The van der Waals surface area contributed by atoms with Crippen LogP contribution in [0.2, 0.25) is 0 Å². The van der Waals surface area contributed by atoms with E-state index in [1.54, 1.807) is 0 Å². The zero-order valence-corrected chi connectivity index (χ0v) is 9.56. The van der Waals surface area contributed by atoms with E-state index in [9.17, 15) is 0 Å². The molecule has 0 aliphatic heterocycles. The standard InChI is InChI=1S/C12H24O/c1-6-11(2,3)10-12(4,5)8-7-9-13/h6,13H,1,7-10H2,2-5H3. The van der Waals surface area contributed by atoms with E-state index in [1.165, 1.54) is 0 Å². The molecular formula is C12H24O. The van der Waals surface area contributed by atoms with Crippen LogP contribution in [0.4, 0.5) is 0 Å². The van der Waals surface area contributed by atoms with Crippen LogP contribution in [-0.4, -0.2) is 11.7 Å². The topological polar surface area (TPSA) is 20.2 Å². The molecule has 0 saturated heterocycles. The molecule has 13 heavy (non-hydrogen) atoms. The average Bonchev–Trinajstić information content (AvgIpc) is 1.99. The Hall–Kier alpha value is -0.300. The molecule has 0 aromatic heterocycles. The van der Waals surface area contributed by atoms with Crippen LogP contribution < -0.4 is 0 Å². The number of aliphatic hydroxyl groups is 1. The molecule has 0 unspecified atom stereocenters. The largest absolute Gasteiger partial charge is 0.396 e. The van der Waals surface area contributed by atoms with Gasteiger partial charge in [0.05, 0.1) is 0 Å². The minimum absolute atomic E-state index is 0.207. The first-order valence-corrected chi connectivity index (χ1v) is 5.07. The van der Waals surface area contributed by atoms with E-state index in [2.05, 4.69) is 34.3 Å². The van der Waals surface area contributed by atoms with Crippen LogP contribution in [0, 0.1) is 10.8 Å². The van der Waals surface area contributed by atoms with Crippen molar-refractivity contribution in [1.82, 2.24) is 0 Å². The Kier molecular flexibility index (Phi) is 4.69. The fraction of sp³-hybridized carbons (Fsp3) is 0.833. The predicted octanol–water partition coefficient (Wildman–Crippen LogP) is 3.39.